The van der Waals surface area contributed by atoms with Crippen LogP contribution in [0.5, 0.6) is 11.5 Å². The summed E-state index contributed by atoms with van der Waals surface area (Å²) in [6.45, 7) is 1.54. The third kappa shape index (κ3) is 4.86. The third-order valence-electron chi connectivity index (χ3n) is 3.50. The minimum absolute atomic E-state index is 0.0945. The smallest absolute Gasteiger partial charge is 0.251 e. The van der Waals surface area contributed by atoms with Crippen LogP contribution in [0.3, 0.4) is 0 Å². The van der Waals surface area contributed by atoms with Gasteiger partial charge >= 0.3 is 0 Å². The number of hydrogen-bond acceptors (Lipinski definition) is 4. The van der Waals surface area contributed by atoms with Crippen LogP contribution in [0.25, 0.3) is 0 Å². The molecule has 0 unspecified atom stereocenters. The van der Waals surface area contributed by atoms with E-state index in [0.717, 1.165) is 6.07 Å². The fourth-order valence-corrected chi connectivity index (χ4v) is 2.48. The molecule has 0 heterocycles. The highest BCUT2D eigenvalue weighted by molar-refractivity contribution is 6.32. The van der Waals surface area contributed by atoms with Crippen LogP contribution in [0.15, 0.2) is 24.3 Å². The second kappa shape index (κ2) is 9.32. The minimum atomic E-state index is -1.71. The van der Waals surface area contributed by atoms with E-state index in [4.69, 9.17) is 21.1 Å². The summed E-state index contributed by atoms with van der Waals surface area (Å²) in [5.74, 6) is -5.64. The van der Waals surface area contributed by atoms with Crippen molar-refractivity contribution in [3.8, 4) is 11.5 Å². The molecule has 2 aromatic carbocycles. The van der Waals surface area contributed by atoms with E-state index in [1.807, 2.05) is 5.32 Å². The van der Waals surface area contributed by atoms with Crippen LogP contribution in [-0.2, 0) is 4.79 Å². The molecule has 6 nitrogen and oxygen atoms in total. The molecule has 0 fully saturated rings. The van der Waals surface area contributed by atoms with Crippen molar-refractivity contribution in [3.63, 3.8) is 0 Å². The molecule has 10 heteroatoms. The molecule has 0 spiro atoms. The van der Waals surface area contributed by atoms with E-state index >= 15 is 0 Å². The Morgan fingerprint density at radius 2 is 1.86 bits per heavy atom. The number of carbonyl (C=O) groups excluding carboxylic acids is 2. The van der Waals surface area contributed by atoms with E-state index in [0.29, 0.717) is 12.7 Å². The Kier molecular flexibility index (Phi) is 7.11. The molecule has 2 aromatic rings. The lowest BCUT2D eigenvalue weighted by Crippen LogP contribution is -2.33. The van der Waals surface area contributed by atoms with Crippen LogP contribution in [0.4, 0.5) is 18.9 Å². The summed E-state index contributed by atoms with van der Waals surface area (Å²) in [7, 11) is 1.37. The predicted molar refractivity (Wildman–Crippen MR) is 96.5 cm³/mol. The Bertz CT molecular complexity index is 909. The lowest BCUT2D eigenvalue weighted by atomic mass is 10.2. The Morgan fingerprint density at radius 3 is 2.50 bits per heavy atom. The molecule has 0 saturated heterocycles. The molecule has 0 aliphatic rings. The first-order valence-electron chi connectivity index (χ1n) is 8.00. The van der Waals surface area contributed by atoms with Gasteiger partial charge in [-0.2, -0.15) is 0 Å². The van der Waals surface area contributed by atoms with E-state index < -0.39 is 41.5 Å². The van der Waals surface area contributed by atoms with E-state index in [-0.39, 0.29) is 22.1 Å². The zero-order valence-corrected chi connectivity index (χ0v) is 15.6. The summed E-state index contributed by atoms with van der Waals surface area (Å²) < 4.78 is 50.1. The fourth-order valence-electron chi connectivity index (χ4n) is 2.21. The molecule has 0 aliphatic heterocycles. The van der Waals surface area contributed by atoms with Crippen molar-refractivity contribution in [2.45, 2.75) is 6.92 Å². The molecule has 0 saturated carbocycles. The first kappa shape index (κ1) is 21.4. The van der Waals surface area contributed by atoms with Crippen molar-refractivity contribution in [2.75, 3.05) is 25.6 Å². The number of anilines is 1. The van der Waals surface area contributed by atoms with Gasteiger partial charge in [-0.1, -0.05) is 11.6 Å². The summed E-state index contributed by atoms with van der Waals surface area (Å²) in [5.41, 5.74) is -0.457. The molecule has 0 aliphatic carbocycles. The highest BCUT2D eigenvalue weighted by Gasteiger charge is 2.18. The Balaban J connectivity index is 2.05. The van der Waals surface area contributed by atoms with Crippen molar-refractivity contribution in [2.24, 2.45) is 0 Å². The van der Waals surface area contributed by atoms with Gasteiger partial charge in [0, 0.05) is 5.56 Å². The molecule has 0 radical (unpaired) electrons. The molecule has 2 rings (SSSR count). The molecule has 28 heavy (non-hydrogen) atoms. The van der Waals surface area contributed by atoms with Crippen molar-refractivity contribution >= 4 is 29.1 Å². The first-order chi connectivity index (χ1) is 13.3. The van der Waals surface area contributed by atoms with Gasteiger partial charge < -0.3 is 20.1 Å². The number of halogens is 4. The van der Waals surface area contributed by atoms with Gasteiger partial charge in [-0.15, -0.1) is 0 Å². The SMILES string of the molecule is CCOc1c(Cl)cc(C(=O)NCC(=O)Nc2ccc(F)c(F)c2F)cc1OC. The highest BCUT2D eigenvalue weighted by Crippen LogP contribution is 2.36. The molecular formula is C18H16ClF3N2O4. The molecular weight excluding hydrogens is 401 g/mol. The van der Waals surface area contributed by atoms with Crippen molar-refractivity contribution in [1.82, 2.24) is 5.32 Å². The zero-order chi connectivity index (χ0) is 20.8. The van der Waals surface area contributed by atoms with Gasteiger partial charge in [0.15, 0.2) is 29.0 Å². The average Bonchev–Trinajstić information content (AvgIpc) is 2.68. The third-order valence-corrected chi connectivity index (χ3v) is 3.78. The number of carbonyl (C=O) groups is 2. The van der Waals surface area contributed by atoms with Crippen LogP contribution in [0.1, 0.15) is 17.3 Å². The maximum Gasteiger partial charge on any atom is 0.251 e. The maximum atomic E-state index is 13.6. The normalized spacial score (nSPS) is 10.4. The van der Waals surface area contributed by atoms with E-state index in [1.54, 1.807) is 6.92 Å². The summed E-state index contributed by atoms with van der Waals surface area (Å²) in [4.78, 5) is 24.1. The lowest BCUT2D eigenvalue weighted by molar-refractivity contribution is -0.115. The molecule has 0 bridgehead atoms. The number of benzene rings is 2. The van der Waals surface area contributed by atoms with Gasteiger partial charge in [-0.25, -0.2) is 13.2 Å². The number of methoxy groups -OCH3 is 1. The Morgan fingerprint density at radius 1 is 1.14 bits per heavy atom. The maximum absolute atomic E-state index is 13.6. The molecule has 150 valence electrons. The monoisotopic (exact) mass is 416 g/mol. The number of amides is 2. The number of hydrogen-bond donors (Lipinski definition) is 2. The van der Waals surface area contributed by atoms with Gasteiger partial charge in [0.25, 0.3) is 5.91 Å². The minimum Gasteiger partial charge on any atom is -0.493 e. The topological polar surface area (TPSA) is 76.7 Å². The average molecular weight is 417 g/mol. The van der Waals surface area contributed by atoms with Crippen LogP contribution >= 0.6 is 11.6 Å². The predicted octanol–water partition coefficient (Wildman–Crippen LogP) is 3.53. The van der Waals surface area contributed by atoms with Crippen molar-refractivity contribution in [1.29, 1.82) is 0 Å². The largest absolute Gasteiger partial charge is 0.493 e. The second-order valence-electron chi connectivity index (χ2n) is 5.38. The van der Waals surface area contributed by atoms with Crippen LogP contribution < -0.4 is 20.1 Å². The number of nitrogens with one attached hydrogen (secondary N) is 2. The molecule has 2 amide bonds. The number of ether oxygens (including phenoxy) is 2. The summed E-state index contributed by atoms with van der Waals surface area (Å²) in [6, 6.07) is 4.24. The molecule has 0 aromatic heterocycles. The van der Waals surface area contributed by atoms with Crippen LogP contribution in [0, 0.1) is 17.5 Å². The second-order valence-corrected chi connectivity index (χ2v) is 5.78. The van der Waals surface area contributed by atoms with Gasteiger partial charge in [0.1, 0.15) is 0 Å². The lowest BCUT2D eigenvalue weighted by Gasteiger charge is -2.13. The highest BCUT2D eigenvalue weighted by atomic mass is 35.5. The van der Waals surface area contributed by atoms with Crippen LogP contribution in [-0.4, -0.2) is 32.1 Å². The summed E-state index contributed by atoms with van der Waals surface area (Å²) >= 11 is 6.08. The number of rotatable bonds is 7. The summed E-state index contributed by atoms with van der Waals surface area (Å²) in [6.07, 6.45) is 0. The zero-order valence-electron chi connectivity index (χ0n) is 14.9. The van der Waals surface area contributed by atoms with E-state index in [1.165, 1.54) is 19.2 Å². The van der Waals surface area contributed by atoms with Crippen molar-refractivity contribution in [3.05, 3.63) is 52.3 Å². The first-order valence-corrected chi connectivity index (χ1v) is 8.38. The Hall–Kier alpha value is -2.94. The summed E-state index contributed by atoms with van der Waals surface area (Å²) in [5, 5.41) is 4.48. The molecule has 2 N–H and O–H groups in total. The van der Waals surface area contributed by atoms with Gasteiger partial charge in [0.2, 0.25) is 5.91 Å². The van der Waals surface area contributed by atoms with Gasteiger partial charge in [-0.3, -0.25) is 9.59 Å². The standard InChI is InChI=1S/C18H16ClF3N2O4/c1-3-28-17-10(19)6-9(7-13(17)27-2)18(26)23-8-14(25)24-12-5-4-11(20)15(21)16(12)22/h4-7H,3,8H2,1-2H3,(H,23,26)(H,24,25). The van der Waals surface area contributed by atoms with Crippen molar-refractivity contribution < 1.29 is 32.2 Å². The molecule has 0 atom stereocenters. The van der Waals surface area contributed by atoms with Gasteiger partial charge in [0.05, 0.1) is 31.0 Å². The Labute approximate surface area is 163 Å². The van der Waals surface area contributed by atoms with E-state index in [9.17, 15) is 22.8 Å². The quantitative estimate of drug-likeness (QED) is 0.677. The van der Waals surface area contributed by atoms with Crippen LogP contribution in [0.2, 0.25) is 5.02 Å². The van der Waals surface area contributed by atoms with E-state index in [2.05, 4.69) is 5.32 Å². The fraction of sp³-hybridized carbons (Fsp3) is 0.222. The van der Waals surface area contributed by atoms with Gasteiger partial charge in [-0.05, 0) is 31.2 Å².